The Hall–Kier alpha value is -1.15. The van der Waals surface area contributed by atoms with E-state index in [0.717, 1.165) is 9.87 Å². The van der Waals surface area contributed by atoms with Gasteiger partial charge < -0.3 is 11.1 Å². The lowest BCUT2D eigenvalue weighted by atomic mass is 10.2. The fourth-order valence-corrected chi connectivity index (χ4v) is 3.98. The molecule has 1 amide bonds. The third kappa shape index (κ3) is 3.12. The van der Waals surface area contributed by atoms with Crippen molar-refractivity contribution < 1.29 is 13.2 Å². The summed E-state index contributed by atoms with van der Waals surface area (Å²) in [5.41, 5.74) is 6.24. The first kappa shape index (κ1) is 15.2. The first-order valence-corrected chi connectivity index (χ1v) is 8.02. The van der Waals surface area contributed by atoms with Crippen molar-refractivity contribution in [2.45, 2.75) is 17.9 Å². The normalized spacial score (nSPS) is 17.6. The van der Waals surface area contributed by atoms with Crippen LogP contribution in [0.5, 0.6) is 0 Å². The molecule has 6 nitrogen and oxygen atoms in total. The largest absolute Gasteiger partial charge is 0.355 e. The molecule has 0 radical (unpaired) electrons. The van der Waals surface area contributed by atoms with E-state index in [0.29, 0.717) is 13.0 Å². The van der Waals surface area contributed by atoms with Crippen LogP contribution < -0.4 is 11.1 Å². The molecular weight excluding hydrogens is 302 g/mol. The van der Waals surface area contributed by atoms with Gasteiger partial charge in [0.2, 0.25) is 15.9 Å². The number of rotatable bonds is 3. The summed E-state index contributed by atoms with van der Waals surface area (Å²) in [7, 11) is -3.77. The molecule has 0 atom stereocenters. The van der Waals surface area contributed by atoms with Crippen LogP contribution in [0, 0.1) is 0 Å². The van der Waals surface area contributed by atoms with Crippen molar-refractivity contribution in [3.05, 3.63) is 28.8 Å². The molecule has 8 heteroatoms. The molecule has 1 aliphatic heterocycles. The topological polar surface area (TPSA) is 92.5 Å². The lowest BCUT2D eigenvalue weighted by Gasteiger charge is -2.19. The first-order chi connectivity index (χ1) is 9.45. The fraction of sp³-hybridized carbons (Fsp3) is 0.417. The van der Waals surface area contributed by atoms with Crippen LogP contribution in [0.3, 0.4) is 0 Å². The number of halogens is 1. The first-order valence-electron chi connectivity index (χ1n) is 6.20. The van der Waals surface area contributed by atoms with Gasteiger partial charge in [0.15, 0.2) is 0 Å². The summed E-state index contributed by atoms with van der Waals surface area (Å²) in [6.45, 7) is 0.865. The minimum atomic E-state index is -3.77. The molecule has 0 aliphatic carbocycles. The van der Waals surface area contributed by atoms with E-state index in [1.807, 2.05) is 0 Å². The van der Waals surface area contributed by atoms with E-state index in [9.17, 15) is 13.2 Å². The molecule has 1 aromatic carbocycles. The van der Waals surface area contributed by atoms with Gasteiger partial charge in [-0.15, -0.1) is 0 Å². The molecule has 2 rings (SSSR count). The van der Waals surface area contributed by atoms with E-state index in [1.165, 1.54) is 12.1 Å². The van der Waals surface area contributed by atoms with Crippen molar-refractivity contribution in [3.8, 4) is 0 Å². The number of carbonyl (C=O) groups is 1. The Morgan fingerprint density at radius 1 is 1.40 bits per heavy atom. The molecule has 0 saturated carbocycles. The zero-order valence-electron chi connectivity index (χ0n) is 10.8. The zero-order chi connectivity index (χ0) is 14.8. The predicted molar refractivity (Wildman–Crippen MR) is 75.7 cm³/mol. The quantitative estimate of drug-likeness (QED) is 0.839. The predicted octanol–water partition coefficient (Wildman–Crippen LogP) is 0.309. The summed E-state index contributed by atoms with van der Waals surface area (Å²) >= 11 is 6.03. The van der Waals surface area contributed by atoms with Crippen LogP contribution in [0.2, 0.25) is 5.02 Å². The lowest BCUT2D eigenvalue weighted by Crippen LogP contribution is -2.37. The number of hydrogen-bond acceptors (Lipinski definition) is 4. The standard InChI is InChI=1S/C12H16ClN3O3S/c13-10-6-9(7-14)2-3-11(10)20(18,19)16-5-1-4-15-12(17)8-16/h2-3,6H,1,4-5,7-8,14H2,(H,15,17). The Bertz CT molecular complexity index is 618. The summed E-state index contributed by atoms with van der Waals surface area (Å²) in [6, 6.07) is 4.59. The minimum absolute atomic E-state index is 0.00562. The van der Waals surface area contributed by atoms with E-state index < -0.39 is 10.0 Å². The molecule has 1 aliphatic rings. The average molecular weight is 318 g/mol. The van der Waals surface area contributed by atoms with Gasteiger partial charge in [-0.05, 0) is 24.1 Å². The molecule has 0 aromatic heterocycles. The Morgan fingerprint density at radius 3 is 2.80 bits per heavy atom. The van der Waals surface area contributed by atoms with Crippen molar-refractivity contribution in [3.63, 3.8) is 0 Å². The third-order valence-electron chi connectivity index (χ3n) is 3.08. The van der Waals surface area contributed by atoms with Crippen LogP contribution in [-0.4, -0.2) is 38.3 Å². The number of benzene rings is 1. The number of amides is 1. The van der Waals surface area contributed by atoms with Crippen molar-refractivity contribution in [1.82, 2.24) is 9.62 Å². The van der Waals surface area contributed by atoms with E-state index in [1.54, 1.807) is 6.07 Å². The molecule has 3 N–H and O–H groups in total. The van der Waals surface area contributed by atoms with E-state index in [4.69, 9.17) is 17.3 Å². The van der Waals surface area contributed by atoms with Crippen molar-refractivity contribution in [1.29, 1.82) is 0 Å². The van der Waals surface area contributed by atoms with Crippen LogP contribution in [0.4, 0.5) is 0 Å². The smallest absolute Gasteiger partial charge is 0.245 e. The number of hydrogen-bond donors (Lipinski definition) is 2. The maximum atomic E-state index is 12.5. The molecule has 1 saturated heterocycles. The summed E-state index contributed by atoms with van der Waals surface area (Å²) in [5.74, 6) is -0.305. The highest BCUT2D eigenvalue weighted by Gasteiger charge is 2.29. The van der Waals surface area contributed by atoms with E-state index in [-0.39, 0.29) is 35.5 Å². The molecule has 1 heterocycles. The number of nitrogens with one attached hydrogen (secondary N) is 1. The molecule has 0 bridgehead atoms. The van der Waals surface area contributed by atoms with Gasteiger partial charge in [0.1, 0.15) is 4.90 Å². The van der Waals surface area contributed by atoms with Crippen LogP contribution in [0.1, 0.15) is 12.0 Å². The SMILES string of the molecule is NCc1ccc(S(=O)(=O)N2CCCNC(=O)C2)c(Cl)c1. The summed E-state index contributed by atoms with van der Waals surface area (Å²) in [6.07, 6.45) is 0.573. The van der Waals surface area contributed by atoms with Crippen molar-refractivity contribution in [2.24, 2.45) is 5.73 Å². The van der Waals surface area contributed by atoms with Crippen molar-refractivity contribution in [2.75, 3.05) is 19.6 Å². The molecule has 1 aromatic rings. The molecular formula is C12H16ClN3O3S. The van der Waals surface area contributed by atoms with Crippen LogP contribution in [-0.2, 0) is 21.4 Å². The second kappa shape index (κ2) is 6.09. The molecule has 110 valence electrons. The highest BCUT2D eigenvalue weighted by molar-refractivity contribution is 7.89. The van der Waals surface area contributed by atoms with Gasteiger partial charge >= 0.3 is 0 Å². The number of carbonyl (C=O) groups excluding carboxylic acids is 1. The fourth-order valence-electron chi connectivity index (χ4n) is 2.00. The highest BCUT2D eigenvalue weighted by Crippen LogP contribution is 2.26. The second-order valence-electron chi connectivity index (χ2n) is 4.51. The van der Waals surface area contributed by atoms with Gasteiger partial charge in [0.05, 0.1) is 11.6 Å². The van der Waals surface area contributed by atoms with Gasteiger partial charge in [0, 0.05) is 19.6 Å². The van der Waals surface area contributed by atoms with Crippen LogP contribution in [0.15, 0.2) is 23.1 Å². The second-order valence-corrected chi connectivity index (χ2v) is 6.82. The summed E-state index contributed by atoms with van der Waals surface area (Å²) in [5, 5.41) is 2.76. The number of sulfonamides is 1. The van der Waals surface area contributed by atoms with Crippen LogP contribution >= 0.6 is 11.6 Å². The van der Waals surface area contributed by atoms with Crippen LogP contribution in [0.25, 0.3) is 0 Å². The van der Waals surface area contributed by atoms with E-state index >= 15 is 0 Å². The van der Waals surface area contributed by atoms with Crippen molar-refractivity contribution >= 4 is 27.5 Å². The Kier molecular flexibility index (Phi) is 4.64. The zero-order valence-corrected chi connectivity index (χ0v) is 12.4. The van der Waals surface area contributed by atoms with E-state index in [2.05, 4.69) is 5.32 Å². The molecule has 1 fully saturated rings. The average Bonchev–Trinajstić information content (AvgIpc) is 2.63. The Labute approximate surface area is 122 Å². The van der Waals surface area contributed by atoms with Gasteiger partial charge in [-0.3, -0.25) is 4.79 Å². The van der Waals surface area contributed by atoms with Gasteiger partial charge in [-0.2, -0.15) is 4.31 Å². The third-order valence-corrected chi connectivity index (χ3v) is 5.40. The van der Waals surface area contributed by atoms with Gasteiger partial charge in [0.25, 0.3) is 0 Å². The number of nitrogens with two attached hydrogens (primary N) is 1. The minimum Gasteiger partial charge on any atom is -0.355 e. The summed E-state index contributed by atoms with van der Waals surface area (Å²) < 4.78 is 26.2. The maximum Gasteiger partial charge on any atom is 0.245 e. The Balaban J connectivity index is 2.36. The maximum absolute atomic E-state index is 12.5. The highest BCUT2D eigenvalue weighted by atomic mass is 35.5. The monoisotopic (exact) mass is 317 g/mol. The Morgan fingerprint density at radius 2 is 2.15 bits per heavy atom. The molecule has 0 unspecified atom stereocenters. The molecule has 20 heavy (non-hydrogen) atoms. The summed E-state index contributed by atoms with van der Waals surface area (Å²) in [4.78, 5) is 11.5. The van der Waals surface area contributed by atoms with Gasteiger partial charge in [-0.1, -0.05) is 17.7 Å². The number of nitrogens with zero attached hydrogens (tertiary/aromatic N) is 1. The lowest BCUT2D eigenvalue weighted by molar-refractivity contribution is -0.120. The molecule has 0 spiro atoms. The van der Waals surface area contributed by atoms with Gasteiger partial charge in [-0.25, -0.2) is 8.42 Å².